The quantitative estimate of drug-likeness (QED) is 0.192. The second-order valence-corrected chi connectivity index (χ2v) is 17.5. The van der Waals surface area contributed by atoms with E-state index < -0.39 is 31.8 Å². The molecule has 1 saturated carbocycles. The van der Waals surface area contributed by atoms with Crippen LogP contribution < -0.4 is 4.74 Å². The van der Waals surface area contributed by atoms with Crippen LogP contribution in [0.1, 0.15) is 52.3 Å². The van der Waals surface area contributed by atoms with Crippen molar-refractivity contribution >= 4 is 19.9 Å². The molecular formula is C29H33ClF3N5O3Si. The largest absolute Gasteiger partial charge is 0.495 e. The lowest BCUT2D eigenvalue weighted by molar-refractivity contribution is -0.148. The minimum Gasteiger partial charge on any atom is -0.495 e. The molecule has 0 amide bonds. The highest BCUT2D eigenvalue weighted by Crippen LogP contribution is 2.52. The first-order chi connectivity index (χ1) is 19.6. The molecule has 8 nitrogen and oxygen atoms in total. The SMILES string of the molecule is COc1cccc(-c2noc(-c3cnn(C4CC(C)(O[Si](C)(C)C(C)(C)C)C4)c3C(F)(F)F)c2-c2ncccn2)c1Cl. The molecule has 224 valence electrons. The van der Waals surface area contributed by atoms with Crippen LogP contribution in [0, 0.1) is 0 Å². The van der Waals surface area contributed by atoms with Crippen LogP contribution in [-0.4, -0.2) is 45.9 Å². The Morgan fingerprint density at radius 3 is 2.33 bits per heavy atom. The van der Waals surface area contributed by atoms with Crippen LogP contribution >= 0.6 is 11.6 Å². The lowest BCUT2D eigenvalue weighted by atomic mass is 9.77. The van der Waals surface area contributed by atoms with E-state index in [9.17, 15) is 13.2 Å². The van der Waals surface area contributed by atoms with Gasteiger partial charge in [0.05, 0.1) is 41.1 Å². The Bertz CT molecular complexity index is 1590. The molecule has 3 aromatic heterocycles. The summed E-state index contributed by atoms with van der Waals surface area (Å²) >= 11 is 6.58. The van der Waals surface area contributed by atoms with Gasteiger partial charge in [-0.2, -0.15) is 18.3 Å². The van der Waals surface area contributed by atoms with Gasteiger partial charge in [0.15, 0.2) is 25.6 Å². The van der Waals surface area contributed by atoms with E-state index in [0.717, 1.165) is 10.9 Å². The molecule has 1 aromatic carbocycles. The number of halogens is 4. The molecule has 42 heavy (non-hydrogen) atoms. The molecule has 1 aliphatic rings. The summed E-state index contributed by atoms with van der Waals surface area (Å²) in [5.74, 6) is 0.339. The van der Waals surface area contributed by atoms with Crippen molar-refractivity contribution in [2.75, 3.05) is 7.11 Å². The first-order valence-electron chi connectivity index (χ1n) is 13.5. The van der Waals surface area contributed by atoms with Crippen molar-refractivity contribution in [3.05, 3.63) is 53.6 Å². The Morgan fingerprint density at radius 2 is 1.74 bits per heavy atom. The fourth-order valence-electron chi connectivity index (χ4n) is 5.20. The van der Waals surface area contributed by atoms with Crippen LogP contribution in [-0.2, 0) is 10.6 Å². The molecule has 0 unspecified atom stereocenters. The average molecular weight is 620 g/mol. The molecule has 13 heteroatoms. The normalized spacial score (nSPS) is 19.5. The van der Waals surface area contributed by atoms with Gasteiger partial charge >= 0.3 is 6.18 Å². The highest BCUT2D eigenvalue weighted by atomic mass is 35.5. The Kier molecular flexibility index (Phi) is 7.56. The predicted octanol–water partition coefficient (Wildman–Crippen LogP) is 8.46. The first-order valence-corrected chi connectivity index (χ1v) is 16.8. The topological polar surface area (TPSA) is 88.1 Å². The van der Waals surface area contributed by atoms with Crippen molar-refractivity contribution in [1.29, 1.82) is 0 Å². The zero-order valence-electron chi connectivity index (χ0n) is 24.5. The number of methoxy groups -OCH3 is 1. The summed E-state index contributed by atoms with van der Waals surface area (Å²) < 4.78 is 63.0. The number of benzene rings is 1. The summed E-state index contributed by atoms with van der Waals surface area (Å²) in [6.45, 7) is 12.7. The summed E-state index contributed by atoms with van der Waals surface area (Å²) in [7, 11) is -0.668. The molecule has 1 fully saturated rings. The summed E-state index contributed by atoms with van der Waals surface area (Å²) in [5, 5.41) is 8.59. The fraction of sp³-hybridized carbons (Fsp3) is 0.448. The first kappa shape index (κ1) is 30.2. The minimum absolute atomic E-state index is 0.0251. The van der Waals surface area contributed by atoms with E-state index >= 15 is 0 Å². The van der Waals surface area contributed by atoms with E-state index in [2.05, 4.69) is 54.1 Å². The van der Waals surface area contributed by atoms with E-state index in [4.69, 9.17) is 25.3 Å². The van der Waals surface area contributed by atoms with Gasteiger partial charge in [0, 0.05) is 18.0 Å². The zero-order valence-corrected chi connectivity index (χ0v) is 26.3. The van der Waals surface area contributed by atoms with E-state index in [-0.39, 0.29) is 38.5 Å². The van der Waals surface area contributed by atoms with Crippen LogP contribution in [0.25, 0.3) is 34.0 Å². The Morgan fingerprint density at radius 1 is 1.07 bits per heavy atom. The lowest BCUT2D eigenvalue weighted by Crippen LogP contribution is -2.54. The number of alkyl halides is 3. The standard InChI is InChI=1S/C29H33ClF3N5O3Si/c1-27(2,3)42(6,7)41-28(4)14-17(15-28)38-25(29(31,32)33)19(16-36-38)24-21(26-34-12-9-13-35-26)23(37-40-24)18-10-8-11-20(39-5)22(18)30/h8-13,16-17H,14-15H2,1-7H3. The molecular weight excluding hydrogens is 587 g/mol. The maximum Gasteiger partial charge on any atom is 0.433 e. The number of hydrogen-bond acceptors (Lipinski definition) is 7. The van der Waals surface area contributed by atoms with E-state index in [1.807, 2.05) is 6.92 Å². The van der Waals surface area contributed by atoms with Gasteiger partial charge in [-0.25, -0.2) is 9.97 Å². The summed E-state index contributed by atoms with van der Waals surface area (Å²) in [4.78, 5) is 8.59. The Labute approximate surface area is 248 Å². The maximum absolute atomic E-state index is 14.8. The van der Waals surface area contributed by atoms with Gasteiger partial charge in [0.25, 0.3) is 0 Å². The molecule has 0 spiro atoms. The average Bonchev–Trinajstić information content (AvgIpc) is 3.51. The summed E-state index contributed by atoms with van der Waals surface area (Å²) in [6, 6.07) is 6.14. The lowest BCUT2D eigenvalue weighted by Gasteiger charge is -2.52. The molecule has 4 aromatic rings. The molecule has 0 saturated heterocycles. The van der Waals surface area contributed by atoms with E-state index in [1.54, 1.807) is 24.3 Å². The smallest absolute Gasteiger partial charge is 0.433 e. The number of hydrogen-bond donors (Lipinski definition) is 0. The van der Waals surface area contributed by atoms with Gasteiger partial charge in [0.1, 0.15) is 11.4 Å². The summed E-state index contributed by atoms with van der Waals surface area (Å²) in [5.41, 5.74) is -0.989. The summed E-state index contributed by atoms with van der Waals surface area (Å²) in [6.07, 6.45) is 0.201. The van der Waals surface area contributed by atoms with Crippen molar-refractivity contribution < 1.29 is 26.9 Å². The second kappa shape index (κ2) is 10.5. The molecule has 0 N–H and O–H groups in total. The van der Waals surface area contributed by atoms with E-state index in [0.29, 0.717) is 24.2 Å². The molecule has 0 aliphatic heterocycles. The van der Waals surface area contributed by atoms with Crippen LogP contribution in [0.15, 0.2) is 47.4 Å². The highest BCUT2D eigenvalue weighted by Gasteiger charge is 2.52. The van der Waals surface area contributed by atoms with Gasteiger partial charge in [-0.05, 0) is 50.0 Å². The highest BCUT2D eigenvalue weighted by molar-refractivity contribution is 6.74. The van der Waals surface area contributed by atoms with Crippen LogP contribution in [0.5, 0.6) is 5.75 Å². The van der Waals surface area contributed by atoms with Crippen LogP contribution in [0.4, 0.5) is 13.2 Å². The van der Waals surface area contributed by atoms with Crippen molar-refractivity contribution in [3.8, 4) is 39.7 Å². The molecule has 0 atom stereocenters. The Hall–Kier alpha value is -3.22. The van der Waals surface area contributed by atoms with Gasteiger partial charge in [-0.3, -0.25) is 4.68 Å². The van der Waals surface area contributed by atoms with Crippen molar-refractivity contribution in [3.63, 3.8) is 0 Å². The fourth-order valence-corrected chi connectivity index (χ4v) is 7.19. The third-order valence-corrected chi connectivity index (χ3v) is 13.2. The molecule has 3 heterocycles. The number of aromatic nitrogens is 5. The minimum atomic E-state index is -4.74. The number of rotatable bonds is 7. The van der Waals surface area contributed by atoms with Gasteiger partial charge in [-0.15, -0.1) is 0 Å². The monoisotopic (exact) mass is 619 g/mol. The van der Waals surface area contributed by atoms with Gasteiger partial charge in [-0.1, -0.05) is 49.7 Å². The molecule has 5 rings (SSSR count). The Balaban J connectivity index is 1.60. The second-order valence-electron chi connectivity index (χ2n) is 12.4. The molecule has 0 radical (unpaired) electrons. The van der Waals surface area contributed by atoms with Gasteiger partial charge in [0.2, 0.25) is 0 Å². The molecule has 0 bridgehead atoms. The third-order valence-electron chi connectivity index (χ3n) is 8.22. The zero-order chi connectivity index (χ0) is 30.7. The number of ether oxygens (including phenoxy) is 1. The van der Waals surface area contributed by atoms with Crippen molar-refractivity contribution in [1.82, 2.24) is 24.9 Å². The van der Waals surface area contributed by atoms with Crippen LogP contribution in [0.3, 0.4) is 0 Å². The van der Waals surface area contributed by atoms with Crippen molar-refractivity contribution in [2.45, 2.75) is 76.5 Å². The van der Waals surface area contributed by atoms with Crippen molar-refractivity contribution in [2.24, 2.45) is 0 Å². The van der Waals surface area contributed by atoms with Gasteiger partial charge < -0.3 is 13.7 Å². The third kappa shape index (κ3) is 5.35. The maximum atomic E-state index is 14.8. The predicted molar refractivity (Wildman–Crippen MR) is 156 cm³/mol. The van der Waals surface area contributed by atoms with Crippen LogP contribution in [0.2, 0.25) is 23.2 Å². The molecule has 1 aliphatic carbocycles. The number of nitrogens with zero attached hydrogens (tertiary/aromatic N) is 5. The van der Waals surface area contributed by atoms with E-state index in [1.165, 1.54) is 19.5 Å².